The summed E-state index contributed by atoms with van der Waals surface area (Å²) in [6.45, 7) is 4.37. The van der Waals surface area contributed by atoms with Crippen LogP contribution in [-0.2, 0) is 7.05 Å². The number of hydrogen-bond acceptors (Lipinski definition) is 5. The molecule has 0 spiro atoms. The van der Waals surface area contributed by atoms with Gasteiger partial charge in [-0.1, -0.05) is 6.07 Å². The topological polar surface area (TPSA) is 85.0 Å². The van der Waals surface area contributed by atoms with E-state index >= 15 is 0 Å². The molecular formula is C13H17N5O2. The highest BCUT2D eigenvalue weighted by molar-refractivity contribution is 5.79. The molecular weight excluding hydrogens is 258 g/mol. The maximum absolute atomic E-state index is 11.3. The average Bonchev–Trinajstić information content (AvgIpc) is 2.68. The maximum Gasteiger partial charge on any atom is 0.315 e. The Morgan fingerprint density at radius 3 is 2.60 bits per heavy atom. The second-order valence-electron chi connectivity index (χ2n) is 4.42. The predicted octanol–water partition coefficient (Wildman–Crippen LogP) is 2.81. The van der Waals surface area contributed by atoms with Crippen LogP contribution < -0.4 is 10.6 Å². The molecule has 0 unspecified atom stereocenters. The number of nitrogens with zero attached hydrogens (tertiary/aromatic N) is 3. The van der Waals surface area contributed by atoms with E-state index in [1.54, 1.807) is 29.1 Å². The Balaban J connectivity index is 2.43. The molecule has 0 amide bonds. The molecule has 2 N–H and O–H groups in total. The molecule has 1 aromatic carbocycles. The number of nitrogens with one attached hydrogen (secondary N) is 2. The maximum atomic E-state index is 11.3. The molecule has 2 aromatic rings. The van der Waals surface area contributed by atoms with Crippen molar-refractivity contribution >= 4 is 22.7 Å². The zero-order valence-corrected chi connectivity index (χ0v) is 11.7. The van der Waals surface area contributed by atoms with Crippen LogP contribution >= 0.6 is 0 Å². The van der Waals surface area contributed by atoms with Crippen LogP contribution in [0.15, 0.2) is 24.4 Å². The first-order valence-electron chi connectivity index (χ1n) is 6.31. The lowest BCUT2D eigenvalue weighted by Gasteiger charge is -2.10. The van der Waals surface area contributed by atoms with Gasteiger partial charge in [0.25, 0.3) is 0 Å². The molecule has 106 valence electrons. The Kier molecular flexibility index (Phi) is 3.88. The van der Waals surface area contributed by atoms with Crippen LogP contribution in [0.2, 0.25) is 0 Å². The van der Waals surface area contributed by atoms with E-state index in [1.165, 1.54) is 0 Å². The van der Waals surface area contributed by atoms with E-state index in [0.29, 0.717) is 17.9 Å². The lowest BCUT2D eigenvalue weighted by atomic mass is 10.2. The number of para-hydroxylation sites is 1. The zero-order chi connectivity index (χ0) is 14.7. The quantitative estimate of drug-likeness (QED) is 0.647. The SMILES string of the molecule is CCNc1cccc(Nc2cn(C)nc2C)c1[N+](=O)[O-]. The molecule has 0 saturated heterocycles. The van der Waals surface area contributed by atoms with Gasteiger partial charge >= 0.3 is 5.69 Å². The minimum absolute atomic E-state index is 0.0394. The number of hydrogen-bond donors (Lipinski definition) is 2. The highest BCUT2D eigenvalue weighted by atomic mass is 16.6. The second-order valence-corrected chi connectivity index (χ2v) is 4.42. The van der Waals surface area contributed by atoms with Gasteiger partial charge in [0.05, 0.1) is 16.3 Å². The van der Waals surface area contributed by atoms with Crippen LogP contribution in [0, 0.1) is 17.0 Å². The van der Waals surface area contributed by atoms with Crippen LogP contribution in [-0.4, -0.2) is 21.2 Å². The van der Waals surface area contributed by atoms with Crippen molar-refractivity contribution in [2.45, 2.75) is 13.8 Å². The number of nitro groups is 1. The summed E-state index contributed by atoms with van der Waals surface area (Å²) in [6.07, 6.45) is 1.79. The van der Waals surface area contributed by atoms with Gasteiger partial charge in [0.2, 0.25) is 0 Å². The Morgan fingerprint density at radius 1 is 1.35 bits per heavy atom. The minimum atomic E-state index is -0.383. The van der Waals surface area contributed by atoms with E-state index in [2.05, 4.69) is 15.7 Å². The van der Waals surface area contributed by atoms with Gasteiger partial charge in [0.15, 0.2) is 0 Å². The summed E-state index contributed by atoms with van der Waals surface area (Å²) in [5, 5.41) is 21.6. The minimum Gasteiger partial charge on any atom is -0.380 e. The molecule has 7 heteroatoms. The Morgan fingerprint density at radius 2 is 2.05 bits per heavy atom. The third-order valence-electron chi connectivity index (χ3n) is 2.87. The Bertz CT molecular complexity index is 636. The standard InChI is InChI=1S/C13H17N5O2/c1-4-14-10-6-5-7-11(13(10)18(19)20)15-12-8-17(3)16-9(12)2/h5-8,14-15H,4H2,1-3H3. The monoisotopic (exact) mass is 275 g/mol. The fourth-order valence-corrected chi connectivity index (χ4v) is 2.04. The van der Waals surface area contributed by atoms with E-state index in [4.69, 9.17) is 0 Å². The number of benzene rings is 1. The molecule has 1 heterocycles. The Hall–Kier alpha value is -2.57. The number of nitro benzene ring substituents is 1. The fourth-order valence-electron chi connectivity index (χ4n) is 2.04. The van der Waals surface area contributed by atoms with Crippen molar-refractivity contribution in [2.75, 3.05) is 17.2 Å². The zero-order valence-electron chi connectivity index (χ0n) is 11.7. The molecule has 0 saturated carbocycles. The number of rotatable bonds is 5. The summed E-state index contributed by atoms with van der Waals surface area (Å²) in [7, 11) is 1.81. The number of anilines is 3. The summed E-state index contributed by atoms with van der Waals surface area (Å²) in [5.74, 6) is 0. The molecule has 20 heavy (non-hydrogen) atoms. The van der Waals surface area contributed by atoms with Gasteiger partial charge < -0.3 is 10.6 Å². The third-order valence-corrected chi connectivity index (χ3v) is 2.87. The number of aryl methyl sites for hydroxylation is 2. The summed E-state index contributed by atoms with van der Waals surface area (Å²) in [4.78, 5) is 10.9. The van der Waals surface area contributed by atoms with Crippen LogP contribution in [0.3, 0.4) is 0 Å². The molecule has 0 aliphatic heterocycles. The van der Waals surface area contributed by atoms with Crippen molar-refractivity contribution in [3.63, 3.8) is 0 Å². The van der Waals surface area contributed by atoms with E-state index in [1.807, 2.05) is 20.9 Å². The van der Waals surface area contributed by atoms with Gasteiger partial charge in [-0.2, -0.15) is 5.10 Å². The van der Waals surface area contributed by atoms with Gasteiger partial charge in [0.1, 0.15) is 11.4 Å². The molecule has 0 radical (unpaired) electrons. The van der Waals surface area contributed by atoms with Crippen molar-refractivity contribution in [1.29, 1.82) is 0 Å². The van der Waals surface area contributed by atoms with E-state index in [9.17, 15) is 10.1 Å². The predicted molar refractivity (Wildman–Crippen MR) is 78.5 cm³/mol. The highest BCUT2D eigenvalue weighted by Crippen LogP contribution is 2.35. The summed E-state index contributed by atoms with van der Waals surface area (Å²) >= 11 is 0. The smallest absolute Gasteiger partial charge is 0.315 e. The van der Waals surface area contributed by atoms with E-state index in [-0.39, 0.29) is 10.6 Å². The number of aromatic nitrogens is 2. The lowest BCUT2D eigenvalue weighted by Crippen LogP contribution is -2.04. The molecule has 0 aliphatic rings. The summed E-state index contributed by atoms with van der Waals surface area (Å²) in [6, 6.07) is 5.16. The van der Waals surface area contributed by atoms with Gasteiger partial charge in [-0.15, -0.1) is 0 Å². The van der Waals surface area contributed by atoms with Crippen molar-refractivity contribution in [1.82, 2.24) is 9.78 Å². The first kappa shape index (κ1) is 13.9. The van der Waals surface area contributed by atoms with Crippen LogP contribution in [0.4, 0.5) is 22.7 Å². The fraction of sp³-hybridized carbons (Fsp3) is 0.308. The van der Waals surface area contributed by atoms with Gasteiger partial charge in [-0.05, 0) is 26.0 Å². The summed E-state index contributed by atoms with van der Waals surface area (Å²) in [5.41, 5.74) is 2.53. The average molecular weight is 275 g/mol. The molecule has 7 nitrogen and oxygen atoms in total. The van der Waals surface area contributed by atoms with Crippen molar-refractivity contribution < 1.29 is 4.92 Å². The van der Waals surface area contributed by atoms with Gasteiger partial charge in [-0.3, -0.25) is 14.8 Å². The van der Waals surface area contributed by atoms with Crippen molar-refractivity contribution in [3.05, 3.63) is 40.2 Å². The van der Waals surface area contributed by atoms with Crippen LogP contribution in [0.25, 0.3) is 0 Å². The Labute approximate surface area is 116 Å². The van der Waals surface area contributed by atoms with Crippen LogP contribution in [0.1, 0.15) is 12.6 Å². The molecule has 2 rings (SSSR count). The molecule has 0 bridgehead atoms. The first-order chi connectivity index (χ1) is 9.52. The van der Waals surface area contributed by atoms with E-state index in [0.717, 1.165) is 11.4 Å². The third kappa shape index (κ3) is 2.71. The van der Waals surface area contributed by atoms with E-state index < -0.39 is 0 Å². The van der Waals surface area contributed by atoms with Gasteiger partial charge in [-0.25, -0.2) is 0 Å². The highest BCUT2D eigenvalue weighted by Gasteiger charge is 2.20. The lowest BCUT2D eigenvalue weighted by molar-refractivity contribution is -0.383. The van der Waals surface area contributed by atoms with Crippen molar-refractivity contribution in [2.24, 2.45) is 7.05 Å². The molecule has 0 aliphatic carbocycles. The second kappa shape index (κ2) is 5.60. The normalized spacial score (nSPS) is 10.3. The first-order valence-corrected chi connectivity index (χ1v) is 6.31. The molecule has 1 aromatic heterocycles. The van der Waals surface area contributed by atoms with Crippen LogP contribution in [0.5, 0.6) is 0 Å². The molecule has 0 fully saturated rings. The van der Waals surface area contributed by atoms with Crippen molar-refractivity contribution in [3.8, 4) is 0 Å². The van der Waals surface area contributed by atoms with Gasteiger partial charge in [0, 0.05) is 19.8 Å². The summed E-state index contributed by atoms with van der Waals surface area (Å²) < 4.78 is 1.66. The largest absolute Gasteiger partial charge is 0.380 e. The molecule has 0 atom stereocenters.